The zero-order chi connectivity index (χ0) is 12.3. The van der Waals surface area contributed by atoms with E-state index < -0.39 is 0 Å². The van der Waals surface area contributed by atoms with Crippen molar-refractivity contribution in [2.24, 2.45) is 0 Å². The number of aryl methyl sites for hydroxylation is 1. The molecule has 0 radical (unpaired) electrons. The lowest BCUT2D eigenvalue weighted by atomic mass is 10.2. The van der Waals surface area contributed by atoms with E-state index in [1.807, 2.05) is 36.1 Å². The summed E-state index contributed by atoms with van der Waals surface area (Å²) in [7, 11) is 0. The fraction of sp³-hybridized carbons (Fsp3) is 0.308. The Labute approximate surface area is 101 Å². The topological polar surface area (TPSA) is 55.9 Å². The zero-order valence-electron chi connectivity index (χ0n) is 10.2. The summed E-state index contributed by atoms with van der Waals surface area (Å²) in [6.07, 6.45) is 5.56. The van der Waals surface area contributed by atoms with Crippen LogP contribution in [0.5, 0.6) is 0 Å². The Hall–Kier alpha value is -1.97. The molecule has 0 amide bonds. The van der Waals surface area contributed by atoms with Crippen LogP contribution in [0.2, 0.25) is 0 Å². The molecule has 1 aromatic carbocycles. The molecule has 0 aliphatic rings. The molecule has 1 aromatic heterocycles. The number of rotatable bonds is 4. The fourth-order valence-electron chi connectivity index (χ4n) is 1.84. The number of benzene rings is 1. The zero-order valence-corrected chi connectivity index (χ0v) is 10.2. The summed E-state index contributed by atoms with van der Waals surface area (Å²) in [4.78, 5) is 4.02. The van der Waals surface area contributed by atoms with Crippen molar-refractivity contribution in [2.45, 2.75) is 26.4 Å². The molecule has 17 heavy (non-hydrogen) atoms. The smallest absolute Gasteiger partial charge is 0.0946 e. The lowest BCUT2D eigenvalue weighted by Gasteiger charge is -2.17. The quantitative estimate of drug-likeness (QED) is 0.792. The maximum absolute atomic E-state index is 5.96. The van der Waals surface area contributed by atoms with Gasteiger partial charge in [0.05, 0.1) is 17.7 Å². The van der Waals surface area contributed by atoms with Crippen LogP contribution in [-0.2, 0) is 6.54 Å². The molecule has 0 aliphatic heterocycles. The van der Waals surface area contributed by atoms with E-state index in [2.05, 4.69) is 23.3 Å². The number of imidazole rings is 1. The van der Waals surface area contributed by atoms with Crippen molar-refractivity contribution in [1.82, 2.24) is 9.55 Å². The first-order chi connectivity index (χ1) is 8.15. The van der Waals surface area contributed by atoms with Gasteiger partial charge in [0.1, 0.15) is 0 Å². The Morgan fingerprint density at radius 3 is 2.94 bits per heavy atom. The number of nitrogens with zero attached hydrogens (tertiary/aromatic N) is 2. The van der Waals surface area contributed by atoms with Gasteiger partial charge >= 0.3 is 0 Å². The Kier molecular flexibility index (Phi) is 3.32. The molecule has 0 saturated heterocycles. The lowest BCUT2D eigenvalue weighted by molar-refractivity contribution is 0.619. The van der Waals surface area contributed by atoms with Crippen molar-refractivity contribution in [2.75, 3.05) is 11.1 Å². The van der Waals surface area contributed by atoms with Crippen molar-refractivity contribution in [3.63, 3.8) is 0 Å². The summed E-state index contributed by atoms with van der Waals surface area (Å²) in [5, 5.41) is 3.40. The van der Waals surface area contributed by atoms with Gasteiger partial charge in [0.2, 0.25) is 0 Å². The highest BCUT2D eigenvalue weighted by Gasteiger charge is 2.05. The average molecular weight is 230 g/mol. The third-order valence-electron chi connectivity index (χ3n) is 2.65. The summed E-state index contributed by atoms with van der Waals surface area (Å²) in [6.45, 7) is 5.03. The van der Waals surface area contributed by atoms with Gasteiger partial charge in [-0.25, -0.2) is 4.98 Å². The highest BCUT2D eigenvalue weighted by atomic mass is 15.1. The number of hydrogen-bond donors (Lipinski definition) is 2. The van der Waals surface area contributed by atoms with Crippen molar-refractivity contribution < 1.29 is 0 Å². The number of nitrogen functional groups attached to an aromatic ring is 1. The predicted octanol–water partition coefficient (Wildman–Crippen LogP) is 2.27. The Morgan fingerprint density at radius 2 is 2.29 bits per heavy atom. The largest absolute Gasteiger partial charge is 0.397 e. The van der Waals surface area contributed by atoms with Gasteiger partial charge in [0.25, 0.3) is 0 Å². The lowest BCUT2D eigenvalue weighted by Crippen LogP contribution is -2.21. The van der Waals surface area contributed by atoms with E-state index in [1.165, 1.54) is 5.56 Å². The molecule has 3 N–H and O–H groups in total. The van der Waals surface area contributed by atoms with Crippen molar-refractivity contribution in [3.8, 4) is 0 Å². The number of anilines is 2. The minimum absolute atomic E-state index is 0.300. The van der Waals surface area contributed by atoms with Crippen molar-refractivity contribution in [3.05, 3.63) is 42.5 Å². The van der Waals surface area contributed by atoms with Gasteiger partial charge in [-0.1, -0.05) is 6.07 Å². The molecule has 2 aromatic rings. The van der Waals surface area contributed by atoms with Gasteiger partial charge in [0, 0.05) is 25.0 Å². The Morgan fingerprint density at radius 1 is 1.47 bits per heavy atom. The SMILES string of the molecule is Cc1ccc(NC(C)Cn2ccnc2)c(N)c1. The normalized spacial score (nSPS) is 12.4. The Balaban J connectivity index is 2.00. The Bertz CT molecular complexity index is 476. The van der Waals surface area contributed by atoms with Gasteiger partial charge in [0.15, 0.2) is 0 Å². The number of aromatic nitrogens is 2. The van der Waals surface area contributed by atoms with E-state index in [9.17, 15) is 0 Å². The van der Waals surface area contributed by atoms with Gasteiger partial charge in [-0.2, -0.15) is 0 Å². The van der Waals surface area contributed by atoms with E-state index in [0.29, 0.717) is 6.04 Å². The van der Waals surface area contributed by atoms with E-state index in [1.54, 1.807) is 6.20 Å². The van der Waals surface area contributed by atoms with Crippen LogP contribution in [0, 0.1) is 6.92 Å². The van der Waals surface area contributed by atoms with E-state index in [4.69, 9.17) is 5.73 Å². The van der Waals surface area contributed by atoms with Crippen LogP contribution in [0.4, 0.5) is 11.4 Å². The summed E-state index contributed by atoms with van der Waals surface area (Å²) in [5.74, 6) is 0. The van der Waals surface area contributed by atoms with E-state index >= 15 is 0 Å². The second-order valence-electron chi connectivity index (χ2n) is 4.40. The molecule has 2 rings (SSSR count). The number of nitrogens with one attached hydrogen (secondary N) is 1. The molecular formula is C13H18N4. The second-order valence-corrected chi connectivity index (χ2v) is 4.40. The maximum atomic E-state index is 5.96. The molecule has 1 unspecified atom stereocenters. The standard InChI is InChI=1S/C13H18N4/c1-10-3-4-13(12(14)7-10)16-11(2)8-17-6-5-15-9-17/h3-7,9,11,16H,8,14H2,1-2H3. The van der Waals surface area contributed by atoms with E-state index in [-0.39, 0.29) is 0 Å². The first-order valence-corrected chi connectivity index (χ1v) is 5.73. The molecule has 4 nitrogen and oxygen atoms in total. The van der Waals surface area contributed by atoms with Crippen LogP contribution in [0.1, 0.15) is 12.5 Å². The monoisotopic (exact) mass is 230 g/mol. The summed E-state index contributed by atoms with van der Waals surface area (Å²) >= 11 is 0. The highest BCUT2D eigenvalue weighted by molar-refractivity contribution is 5.67. The molecular weight excluding hydrogens is 212 g/mol. The predicted molar refractivity (Wildman–Crippen MR) is 70.9 cm³/mol. The molecule has 90 valence electrons. The number of nitrogens with two attached hydrogens (primary N) is 1. The molecule has 0 bridgehead atoms. The van der Waals surface area contributed by atoms with Gasteiger partial charge in [-0.15, -0.1) is 0 Å². The minimum atomic E-state index is 0.300. The van der Waals surface area contributed by atoms with Gasteiger partial charge in [-0.05, 0) is 31.5 Å². The molecule has 4 heteroatoms. The van der Waals surface area contributed by atoms with Gasteiger partial charge in [-0.3, -0.25) is 0 Å². The molecule has 0 spiro atoms. The van der Waals surface area contributed by atoms with Crippen LogP contribution in [0.25, 0.3) is 0 Å². The highest BCUT2D eigenvalue weighted by Crippen LogP contribution is 2.20. The molecule has 0 saturated carbocycles. The minimum Gasteiger partial charge on any atom is -0.397 e. The molecule has 0 fully saturated rings. The molecule has 1 atom stereocenters. The van der Waals surface area contributed by atoms with Crippen LogP contribution < -0.4 is 11.1 Å². The van der Waals surface area contributed by atoms with Crippen LogP contribution in [0.15, 0.2) is 36.9 Å². The third-order valence-corrected chi connectivity index (χ3v) is 2.65. The second kappa shape index (κ2) is 4.91. The summed E-state index contributed by atoms with van der Waals surface area (Å²) in [5.41, 5.74) is 8.92. The van der Waals surface area contributed by atoms with Crippen LogP contribution in [-0.4, -0.2) is 15.6 Å². The van der Waals surface area contributed by atoms with Crippen molar-refractivity contribution in [1.29, 1.82) is 0 Å². The van der Waals surface area contributed by atoms with E-state index in [0.717, 1.165) is 17.9 Å². The summed E-state index contributed by atoms with van der Waals surface area (Å²) < 4.78 is 2.04. The molecule has 0 aliphatic carbocycles. The van der Waals surface area contributed by atoms with Gasteiger partial charge < -0.3 is 15.6 Å². The first kappa shape index (κ1) is 11.5. The molecule has 1 heterocycles. The van der Waals surface area contributed by atoms with Crippen LogP contribution >= 0.6 is 0 Å². The van der Waals surface area contributed by atoms with Crippen LogP contribution in [0.3, 0.4) is 0 Å². The first-order valence-electron chi connectivity index (χ1n) is 5.73. The summed E-state index contributed by atoms with van der Waals surface area (Å²) in [6, 6.07) is 6.36. The fourth-order valence-corrected chi connectivity index (χ4v) is 1.84. The average Bonchev–Trinajstić information content (AvgIpc) is 2.75. The third kappa shape index (κ3) is 3.00. The van der Waals surface area contributed by atoms with Crippen molar-refractivity contribution >= 4 is 11.4 Å². The maximum Gasteiger partial charge on any atom is 0.0946 e. The number of hydrogen-bond acceptors (Lipinski definition) is 3.